The maximum absolute atomic E-state index is 12.3. The maximum atomic E-state index is 12.3. The molecule has 27 heavy (non-hydrogen) atoms. The molecule has 0 aliphatic heterocycles. The van der Waals surface area contributed by atoms with Crippen molar-refractivity contribution in [3.8, 4) is 0 Å². The Hall–Kier alpha value is -2.73. The summed E-state index contributed by atoms with van der Waals surface area (Å²) in [5.74, 6) is -0.577. The molecule has 0 spiro atoms. The van der Waals surface area contributed by atoms with Gasteiger partial charge in [-0.15, -0.1) is 11.3 Å². The van der Waals surface area contributed by atoms with Gasteiger partial charge in [-0.05, 0) is 37.1 Å². The maximum Gasteiger partial charge on any atom is 0.338 e. The van der Waals surface area contributed by atoms with E-state index in [1.807, 2.05) is 18.2 Å². The molecule has 3 aromatic rings. The molecule has 5 nitrogen and oxygen atoms in total. The van der Waals surface area contributed by atoms with Gasteiger partial charge in [0.2, 0.25) is 0 Å². The minimum absolute atomic E-state index is 0.229. The van der Waals surface area contributed by atoms with Crippen LogP contribution in [0.5, 0.6) is 0 Å². The number of carbonyl (C=O) groups is 2. The highest BCUT2D eigenvalue weighted by Gasteiger charge is 2.20. The third kappa shape index (κ3) is 4.71. The van der Waals surface area contributed by atoms with E-state index >= 15 is 0 Å². The summed E-state index contributed by atoms with van der Waals surface area (Å²) in [6.07, 6.45) is 0.0517. The Kier molecular flexibility index (Phi) is 6.19. The molecule has 0 saturated carbocycles. The van der Waals surface area contributed by atoms with E-state index in [1.54, 1.807) is 30.6 Å². The van der Waals surface area contributed by atoms with Crippen LogP contribution in [0.15, 0.2) is 54.0 Å². The summed E-state index contributed by atoms with van der Waals surface area (Å²) in [5.41, 5.74) is 4.17. The first-order valence-corrected chi connectivity index (χ1v) is 9.83. The first kappa shape index (κ1) is 19.0. The molecular formula is C21H22N2O3S. The molecule has 1 N–H and O–H groups in total. The van der Waals surface area contributed by atoms with Crippen molar-refractivity contribution in [2.45, 2.75) is 32.3 Å². The Labute approximate surface area is 162 Å². The number of aromatic nitrogens is 1. The van der Waals surface area contributed by atoms with Crippen molar-refractivity contribution >= 4 is 33.4 Å². The normalized spacial score (nSPS) is 13.1. The largest absolute Gasteiger partial charge is 0.449 e. The summed E-state index contributed by atoms with van der Waals surface area (Å²) in [6.45, 7) is 4.18. The Bertz CT molecular complexity index is 923. The van der Waals surface area contributed by atoms with E-state index in [4.69, 9.17) is 4.74 Å². The lowest BCUT2D eigenvalue weighted by Gasteiger charge is -2.18. The Morgan fingerprint density at radius 1 is 1.19 bits per heavy atom. The lowest BCUT2D eigenvalue weighted by atomic mass is 9.96. The van der Waals surface area contributed by atoms with E-state index in [1.165, 1.54) is 16.9 Å². The predicted octanol–water partition coefficient (Wildman–Crippen LogP) is 4.15. The summed E-state index contributed by atoms with van der Waals surface area (Å²) < 4.78 is 6.24. The molecule has 2 aromatic carbocycles. The van der Waals surface area contributed by atoms with E-state index in [2.05, 4.69) is 29.4 Å². The van der Waals surface area contributed by atoms with Crippen LogP contribution in [-0.4, -0.2) is 29.5 Å². The highest BCUT2D eigenvalue weighted by atomic mass is 32.1. The Balaban J connectivity index is 1.55. The molecule has 0 radical (unpaired) electrons. The second-order valence-corrected chi connectivity index (χ2v) is 7.23. The van der Waals surface area contributed by atoms with Gasteiger partial charge >= 0.3 is 5.97 Å². The topological polar surface area (TPSA) is 68.3 Å². The minimum Gasteiger partial charge on any atom is -0.449 e. The number of nitrogens with one attached hydrogen (secondary N) is 1. The van der Waals surface area contributed by atoms with E-state index in [-0.39, 0.29) is 11.8 Å². The smallest absolute Gasteiger partial charge is 0.338 e. The first-order valence-electron chi connectivity index (χ1n) is 8.95. The molecule has 0 unspecified atom stereocenters. The quantitative estimate of drug-likeness (QED) is 0.623. The van der Waals surface area contributed by atoms with Crippen molar-refractivity contribution in [3.63, 3.8) is 0 Å². The van der Waals surface area contributed by atoms with Crippen molar-refractivity contribution < 1.29 is 14.3 Å². The lowest BCUT2D eigenvalue weighted by molar-refractivity contribution is -0.129. The van der Waals surface area contributed by atoms with Gasteiger partial charge in [0.15, 0.2) is 6.10 Å². The van der Waals surface area contributed by atoms with Crippen LogP contribution in [0.25, 0.3) is 10.2 Å². The zero-order valence-corrected chi connectivity index (χ0v) is 16.2. The molecule has 140 valence electrons. The fourth-order valence-corrected chi connectivity index (χ4v) is 3.57. The number of amides is 1. The average Bonchev–Trinajstić information content (AvgIpc) is 3.16. The van der Waals surface area contributed by atoms with Gasteiger partial charge in [0.1, 0.15) is 0 Å². The number of hydrogen-bond acceptors (Lipinski definition) is 5. The van der Waals surface area contributed by atoms with Crippen molar-refractivity contribution in [3.05, 3.63) is 65.2 Å². The number of benzene rings is 2. The van der Waals surface area contributed by atoms with Crippen LogP contribution in [0, 0.1) is 0 Å². The Morgan fingerprint density at radius 3 is 2.70 bits per heavy atom. The van der Waals surface area contributed by atoms with Crippen LogP contribution in [0.3, 0.4) is 0 Å². The summed E-state index contributed by atoms with van der Waals surface area (Å²) in [5, 5.41) is 2.89. The average molecular weight is 382 g/mol. The number of hydrogen-bond donors (Lipinski definition) is 1. The van der Waals surface area contributed by atoms with Crippen LogP contribution < -0.4 is 5.32 Å². The highest BCUT2D eigenvalue weighted by molar-refractivity contribution is 7.16. The van der Waals surface area contributed by atoms with Crippen LogP contribution in [-0.2, 0) is 9.53 Å². The molecule has 0 saturated heterocycles. The van der Waals surface area contributed by atoms with Crippen molar-refractivity contribution in [1.29, 1.82) is 0 Å². The van der Waals surface area contributed by atoms with Crippen molar-refractivity contribution in [1.82, 2.24) is 10.3 Å². The molecule has 1 heterocycles. The van der Waals surface area contributed by atoms with E-state index in [0.29, 0.717) is 12.1 Å². The molecule has 2 atom stereocenters. The number of nitrogens with zero attached hydrogens (tertiary/aromatic N) is 1. The second-order valence-electron chi connectivity index (χ2n) is 6.34. The van der Waals surface area contributed by atoms with Crippen LogP contribution in [0.2, 0.25) is 0 Å². The minimum atomic E-state index is -0.858. The highest BCUT2D eigenvalue weighted by Crippen LogP contribution is 2.20. The van der Waals surface area contributed by atoms with E-state index < -0.39 is 12.1 Å². The molecular weight excluding hydrogens is 360 g/mol. The van der Waals surface area contributed by atoms with Crippen molar-refractivity contribution in [2.75, 3.05) is 6.54 Å². The number of ether oxygens (including phenoxy) is 1. The fourth-order valence-electron chi connectivity index (χ4n) is 2.85. The van der Waals surface area contributed by atoms with Gasteiger partial charge in [-0.2, -0.15) is 0 Å². The monoisotopic (exact) mass is 382 g/mol. The molecule has 0 aliphatic carbocycles. The third-order valence-electron chi connectivity index (χ3n) is 4.51. The number of rotatable bonds is 7. The fraction of sp³-hybridized carbons (Fsp3) is 0.286. The summed E-state index contributed by atoms with van der Waals surface area (Å²) >= 11 is 1.46. The third-order valence-corrected chi connectivity index (χ3v) is 5.30. The molecule has 0 fully saturated rings. The van der Waals surface area contributed by atoms with E-state index in [9.17, 15) is 9.59 Å². The molecule has 0 aliphatic rings. The summed E-state index contributed by atoms with van der Waals surface area (Å²) in [7, 11) is 0. The predicted molar refractivity (Wildman–Crippen MR) is 107 cm³/mol. The number of fused-ring (bicyclic) bond motifs is 1. The summed E-state index contributed by atoms with van der Waals surface area (Å²) in [4.78, 5) is 28.8. The standard InChI is InChI=1S/C21H22N2O3S/c1-3-15(16-7-5-4-6-8-16)12-22-20(24)14(2)26-21(25)17-9-10-18-19(11-17)27-13-23-18/h4-11,13-15H,3,12H2,1-2H3,(H,22,24)/t14-,15-/m1/s1. The summed E-state index contributed by atoms with van der Waals surface area (Å²) in [6, 6.07) is 15.2. The van der Waals surface area contributed by atoms with Gasteiger partial charge in [-0.3, -0.25) is 4.79 Å². The molecule has 6 heteroatoms. The molecule has 1 aromatic heterocycles. The van der Waals surface area contributed by atoms with Crippen LogP contribution >= 0.6 is 11.3 Å². The molecule has 3 rings (SSSR count). The lowest BCUT2D eigenvalue weighted by Crippen LogP contribution is -2.38. The zero-order chi connectivity index (χ0) is 19.2. The second kappa shape index (κ2) is 8.77. The van der Waals surface area contributed by atoms with Crippen molar-refractivity contribution in [2.24, 2.45) is 0 Å². The van der Waals surface area contributed by atoms with E-state index in [0.717, 1.165) is 16.6 Å². The van der Waals surface area contributed by atoms with Gasteiger partial charge in [-0.1, -0.05) is 37.3 Å². The first-order chi connectivity index (χ1) is 13.1. The zero-order valence-electron chi connectivity index (χ0n) is 15.3. The number of carbonyl (C=O) groups excluding carboxylic acids is 2. The SMILES string of the molecule is CC[C@H](CNC(=O)[C@@H](C)OC(=O)c1ccc2ncsc2c1)c1ccccc1. The van der Waals surface area contributed by atoms with Gasteiger partial charge < -0.3 is 10.1 Å². The van der Waals surface area contributed by atoms with Gasteiger partial charge in [0.25, 0.3) is 5.91 Å². The molecule has 0 bridgehead atoms. The number of thiazole rings is 1. The van der Waals surface area contributed by atoms with Gasteiger partial charge in [-0.25, -0.2) is 9.78 Å². The van der Waals surface area contributed by atoms with Gasteiger partial charge in [0.05, 0.1) is 21.3 Å². The molecule has 1 amide bonds. The number of esters is 1. The van der Waals surface area contributed by atoms with Crippen LogP contribution in [0.4, 0.5) is 0 Å². The van der Waals surface area contributed by atoms with Crippen LogP contribution in [0.1, 0.15) is 42.1 Å². The van der Waals surface area contributed by atoms with Gasteiger partial charge in [0, 0.05) is 12.5 Å². The Morgan fingerprint density at radius 2 is 1.96 bits per heavy atom.